The molecule has 4 nitrogen and oxygen atoms in total. The van der Waals surface area contributed by atoms with E-state index >= 15 is 0 Å². The molecule has 0 bridgehead atoms. The highest BCUT2D eigenvalue weighted by Crippen LogP contribution is 2.21. The molecule has 0 aliphatic carbocycles. The van der Waals surface area contributed by atoms with Crippen LogP contribution in [0.3, 0.4) is 0 Å². The van der Waals surface area contributed by atoms with Gasteiger partial charge in [-0.1, -0.05) is 23.2 Å². The van der Waals surface area contributed by atoms with Crippen LogP contribution in [0.5, 0.6) is 0 Å². The second-order valence-corrected chi connectivity index (χ2v) is 6.20. The minimum atomic E-state index is -0.135. The molecule has 0 aliphatic rings. The predicted molar refractivity (Wildman–Crippen MR) is 84.4 cm³/mol. The molecule has 0 spiro atoms. The van der Waals surface area contributed by atoms with Gasteiger partial charge in [0, 0.05) is 11.4 Å². The Morgan fingerprint density at radius 2 is 2.15 bits per heavy atom. The molecular weight excluding hydrogens is 294 g/mol. The standard InChI is InChI=1S/C14H16ClN3OS/c1-9-2-4-12(18-16)11(8-9)14(19)17-7-6-10-3-5-13(15)20-10/h2-5,8,18H,6-7,16H2,1H3,(H,17,19). The molecule has 20 heavy (non-hydrogen) atoms. The second-order valence-electron chi connectivity index (χ2n) is 4.41. The maximum absolute atomic E-state index is 12.1. The number of rotatable bonds is 5. The van der Waals surface area contributed by atoms with Gasteiger partial charge in [0.1, 0.15) is 0 Å². The molecule has 1 heterocycles. The van der Waals surface area contributed by atoms with E-state index < -0.39 is 0 Å². The molecule has 0 atom stereocenters. The largest absolute Gasteiger partial charge is 0.352 e. The van der Waals surface area contributed by atoms with Gasteiger partial charge in [0.05, 0.1) is 15.6 Å². The van der Waals surface area contributed by atoms with Crippen molar-refractivity contribution in [2.24, 2.45) is 5.84 Å². The normalized spacial score (nSPS) is 10.3. The summed E-state index contributed by atoms with van der Waals surface area (Å²) >= 11 is 7.39. The number of hydrazine groups is 1. The second kappa shape index (κ2) is 6.74. The van der Waals surface area contributed by atoms with E-state index in [4.69, 9.17) is 17.4 Å². The molecular formula is C14H16ClN3OS. The molecule has 0 saturated carbocycles. The number of nitrogen functional groups attached to an aromatic ring is 1. The van der Waals surface area contributed by atoms with Crippen molar-refractivity contribution in [1.82, 2.24) is 5.32 Å². The lowest BCUT2D eigenvalue weighted by Gasteiger charge is -2.10. The van der Waals surface area contributed by atoms with Crippen LogP contribution in [-0.2, 0) is 6.42 Å². The Bertz CT molecular complexity index is 612. The van der Waals surface area contributed by atoms with Gasteiger partial charge in [0.25, 0.3) is 5.91 Å². The third kappa shape index (κ3) is 3.72. The molecule has 4 N–H and O–H groups in total. The molecule has 106 valence electrons. The highest BCUT2D eigenvalue weighted by molar-refractivity contribution is 7.16. The van der Waals surface area contributed by atoms with E-state index in [-0.39, 0.29) is 5.91 Å². The summed E-state index contributed by atoms with van der Waals surface area (Å²) in [7, 11) is 0. The van der Waals surface area contributed by atoms with Gasteiger partial charge in [-0.15, -0.1) is 11.3 Å². The van der Waals surface area contributed by atoms with Crippen LogP contribution in [0.4, 0.5) is 5.69 Å². The molecule has 6 heteroatoms. The van der Waals surface area contributed by atoms with E-state index in [2.05, 4.69) is 10.7 Å². The van der Waals surface area contributed by atoms with Crippen LogP contribution < -0.4 is 16.6 Å². The summed E-state index contributed by atoms with van der Waals surface area (Å²) in [6.45, 7) is 2.50. The number of aryl methyl sites for hydroxylation is 1. The van der Waals surface area contributed by atoms with Crippen LogP contribution in [-0.4, -0.2) is 12.5 Å². The average molecular weight is 310 g/mol. The lowest BCUT2D eigenvalue weighted by molar-refractivity contribution is 0.0955. The van der Waals surface area contributed by atoms with Crippen LogP contribution in [0.15, 0.2) is 30.3 Å². The van der Waals surface area contributed by atoms with Gasteiger partial charge in [-0.2, -0.15) is 0 Å². The fourth-order valence-corrected chi connectivity index (χ4v) is 2.94. The number of benzene rings is 1. The quantitative estimate of drug-likeness (QED) is 0.587. The van der Waals surface area contributed by atoms with E-state index in [1.54, 1.807) is 6.07 Å². The first-order valence-electron chi connectivity index (χ1n) is 6.20. The van der Waals surface area contributed by atoms with Crippen molar-refractivity contribution in [2.45, 2.75) is 13.3 Å². The van der Waals surface area contributed by atoms with Crippen LogP contribution in [0.1, 0.15) is 20.8 Å². The van der Waals surface area contributed by atoms with E-state index in [0.717, 1.165) is 21.2 Å². The summed E-state index contributed by atoms with van der Waals surface area (Å²) < 4.78 is 0.764. The number of amides is 1. The van der Waals surface area contributed by atoms with Crippen molar-refractivity contribution in [3.8, 4) is 0 Å². The molecule has 0 fully saturated rings. The lowest BCUT2D eigenvalue weighted by Crippen LogP contribution is -2.27. The van der Waals surface area contributed by atoms with Gasteiger partial charge in [0.15, 0.2) is 0 Å². The molecule has 0 saturated heterocycles. The number of carbonyl (C=O) groups is 1. The Morgan fingerprint density at radius 1 is 1.35 bits per heavy atom. The van der Waals surface area contributed by atoms with Crippen LogP contribution in [0.2, 0.25) is 4.34 Å². The molecule has 0 aliphatic heterocycles. The Hall–Kier alpha value is -1.56. The molecule has 0 unspecified atom stereocenters. The lowest BCUT2D eigenvalue weighted by atomic mass is 10.1. The number of nitrogens with one attached hydrogen (secondary N) is 2. The van der Waals surface area contributed by atoms with E-state index in [9.17, 15) is 4.79 Å². The Balaban J connectivity index is 1.96. The van der Waals surface area contributed by atoms with Gasteiger partial charge in [0.2, 0.25) is 0 Å². The van der Waals surface area contributed by atoms with Crippen molar-refractivity contribution >= 4 is 34.5 Å². The number of hydrogen-bond acceptors (Lipinski definition) is 4. The van der Waals surface area contributed by atoms with Crippen LogP contribution in [0.25, 0.3) is 0 Å². The number of carbonyl (C=O) groups excluding carboxylic acids is 1. The van der Waals surface area contributed by atoms with Crippen molar-refractivity contribution in [3.05, 3.63) is 50.7 Å². The minimum absolute atomic E-state index is 0.135. The predicted octanol–water partition coefficient (Wildman–Crippen LogP) is 2.97. The fraction of sp³-hybridized carbons (Fsp3) is 0.214. The maximum atomic E-state index is 12.1. The highest BCUT2D eigenvalue weighted by Gasteiger charge is 2.10. The summed E-state index contributed by atoms with van der Waals surface area (Å²) in [5.74, 6) is 5.28. The number of hydrogen-bond donors (Lipinski definition) is 3. The number of halogens is 1. The number of nitrogens with two attached hydrogens (primary N) is 1. The maximum Gasteiger partial charge on any atom is 0.253 e. The molecule has 2 rings (SSSR count). The number of thiophene rings is 1. The van der Waals surface area contributed by atoms with Gasteiger partial charge in [-0.05, 0) is 37.6 Å². The van der Waals surface area contributed by atoms with Gasteiger partial charge in [-0.3, -0.25) is 10.6 Å². The fourth-order valence-electron chi connectivity index (χ4n) is 1.85. The zero-order valence-electron chi connectivity index (χ0n) is 11.1. The Morgan fingerprint density at radius 3 is 2.80 bits per heavy atom. The topological polar surface area (TPSA) is 67.1 Å². The van der Waals surface area contributed by atoms with Crippen molar-refractivity contribution in [3.63, 3.8) is 0 Å². The monoisotopic (exact) mass is 309 g/mol. The Kier molecular flexibility index (Phi) is 5.00. The zero-order valence-corrected chi connectivity index (χ0v) is 12.6. The summed E-state index contributed by atoms with van der Waals surface area (Å²) in [5.41, 5.74) is 4.72. The summed E-state index contributed by atoms with van der Waals surface area (Å²) in [6, 6.07) is 9.34. The van der Waals surface area contributed by atoms with Gasteiger partial charge in [-0.25, -0.2) is 0 Å². The summed E-state index contributed by atoms with van der Waals surface area (Å²) in [5, 5.41) is 2.89. The van der Waals surface area contributed by atoms with Gasteiger partial charge < -0.3 is 10.7 Å². The smallest absolute Gasteiger partial charge is 0.253 e. The van der Waals surface area contributed by atoms with Crippen molar-refractivity contribution in [2.75, 3.05) is 12.0 Å². The first kappa shape index (κ1) is 14.8. The van der Waals surface area contributed by atoms with Crippen molar-refractivity contribution in [1.29, 1.82) is 0 Å². The zero-order chi connectivity index (χ0) is 14.5. The van der Waals surface area contributed by atoms with Gasteiger partial charge >= 0.3 is 0 Å². The molecule has 2 aromatic rings. The third-order valence-corrected chi connectivity index (χ3v) is 4.15. The molecule has 1 aromatic heterocycles. The van der Waals surface area contributed by atoms with E-state index in [1.807, 2.05) is 31.2 Å². The summed E-state index contributed by atoms with van der Waals surface area (Å²) in [6.07, 6.45) is 0.764. The first-order valence-corrected chi connectivity index (χ1v) is 7.39. The molecule has 1 aromatic carbocycles. The van der Waals surface area contributed by atoms with E-state index in [1.165, 1.54) is 11.3 Å². The minimum Gasteiger partial charge on any atom is -0.352 e. The Labute approximate surface area is 126 Å². The van der Waals surface area contributed by atoms with Crippen LogP contribution >= 0.6 is 22.9 Å². The van der Waals surface area contributed by atoms with Crippen molar-refractivity contribution < 1.29 is 4.79 Å². The summed E-state index contributed by atoms with van der Waals surface area (Å²) in [4.78, 5) is 13.3. The average Bonchev–Trinajstić information content (AvgIpc) is 2.84. The highest BCUT2D eigenvalue weighted by atomic mass is 35.5. The molecule has 1 amide bonds. The SMILES string of the molecule is Cc1ccc(NN)c(C(=O)NCCc2ccc(Cl)s2)c1. The first-order chi connectivity index (χ1) is 9.60. The number of anilines is 1. The van der Waals surface area contributed by atoms with Crippen LogP contribution in [0, 0.1) is 6.92 Å². The molecule has 0 radical (unpaired) electrons. The van der Waals surface area contributed by atoms with E-state index in [0.29, 0.717) is 17.8 Å². The third-order valence-electron chi connectivity index (χ3n) is 2.86.